The van der Waals surface area contributed by atoms with E-state index in [0.717, 1.165) is 0 Å². The zero-order chi connectivity index (χ0) is 21.4. The number of benzene rings is 1. The van der Waals surface area contributed by atoms with Crippen molar-refractivity contribution >= 4 is 23.2 Å². The van der Waals surface area contributed by atoms with Gasteiger partial charge in [-0.2, -0.15) is 0 Å². The van der Waals surface area contributed by atoms with Gasteiger partial charge in [-0.3, -0.25) is 14.6 Å². The van der Waals surface area contributed by atoms with E-state index in [1.807, 2.05) is 6.92 Å². The summed E-state index contributed by atoms with van der Waals surface area (Å²) in [5.74, 6) is -1.67. The fourth-order valence-corrected chi connectivity index (χ4v) is 3.52. The summed E-state index contributed by atoms with van der Waals surface area (Å²) in [4.78, 5) is 40.2. The van der Waals surface area contributed by atoms with Crippen molar-refractivity contribution in [3.8, 4) is 11.1 Å². The van der Waals surface area contributed by atoms with E-state index in [1.54, 1.807) is 44.4 Å². The number of anilines is 2. The Kier molecular flexibility index (Phi) is 4.99. The third kappa shape index (κ3) is 3.52. The monoisotopic (exact) mass is 405 g/mol. The molecule has 8 heteroatoms. The highest BCUT2D eigenvalue weighted by Gasteiger charge is 2.34. The molecular formula is C22H20FN5O2. The number of nitrogens with zero attached hydrogens (tertiary/aromatic N) is 4. The predicted molar refractivity (Wildman–Crippen MR) is 111 cm³/mol. The van der Waals surface area contributed by atoms with Crippen LogP contribution in [0.5, 0.6) is 0 Å². The van der Waals surface area contributed by atoms with Gasteiger partial charge in [0.25, 0.3) is 0 Å². The molecule has 0 bridgehead atoms. The molecule has 0 aliphatic carbocycles. The van der Waals surface area contributed by atoms with Crippen molar-refractivity contribution in [2.75, 3.05) is 16.8 Å². The van der Waals surface area contributed by atoms with Crippen LogP contribution in [0.2, 0.25) is 0 Å². The number of nitrogens with one attached hydrogen (secondary N) is 1. The summed E-state index contributed by atoms with van der Waals surface area (Å²) in [7, 11) is 0. The molecule has 152 valence electrons. The topological polar surface area (TPSA) is 88.1 Å². The van der Waals surface area contributed by atoms with Crippen LogP contribution < -0.4 is 10.2 Å². The predicted octanol–water partition coefficient (Wildman–Crippen LogP) is 3.38. The van der Waals surface area contributed by atoms with Gasteiger partial charge in [0.05, 0.1) is 17.3 Å². The first kappa shape index (κ1) is 19.6. The van der Waals surface area contributed by atoms with Gasteiger partial charge in [0, 0.05) is 34.9 Å². The second-order valence-corrected chi connectivity index (χ2v) is 7.32. The number of aryl methyl sites for hydroxylation is 2. The average Bonchev–Trinajstić information content (AvgIpc) is 2.80. The number of carbonyl (C=O) groups excluding carboxylic acids is 2. The molecule has 3 heterocycles. The van der Waals surface area contributed by atoms with Crippen LogP contribution in [-0.2, 0) is 9.59 Å². The Hall–Kier alpha value is -3.68. The first-order valence-electron chi connectivity index (χ1n) is 9.49. The number of hydrogen-bond acceptors (Lipinski definition) is 5. The van der Waals surface area contributed by atoms with Gasteiger partial charge in [-0.1, -0.05) is 6.07 Å². The molecule has 2 amide bonds. The van der Waals surface area contributed by atoms with E-state index in [-0.39, 0.29) is 12.5 Å². The van der Waals surface area contributed by atoms with Gasteiger partial charge in [-0.25, -0.2) is 14.4 Å². The van der Waals surface area contributed by atoms with Gasteiger partial charge >= 0.3 is 0 Å². The third-order valence-electron chi connectivity index (χ3n) is 5.15. The number of carbonyl (C=O) groups is 2. The number of rotatable bonds is 3. The van der Waals surface area contributed by atoms with E-state index in [9.17, 15) is 14.0 Å². The van der Waals surface area contributed by atoms with Gasteiger partial charge < -0.3 is 10.2 Å². The summed E-state index contributed by atoms with van der Waals surface area (Å²) < 4.78 is 13.8. The molecule has 0 radical (unpaired) electrons. The van der Waals surface area contributed by atoms with Crippen molar-refractivity contribution in [2.45, 2.75) is 26.7 Å². The standard InChI is InChI=1S/C22H20FN5O2/c1-12-4-5-15(7-18(12)23)27-20(29)10-28-19-6-13(2)25-9-16(19)17-8-24-11-26-21(17)14(3)22(28)30/h4-9,11,14H,10H2,1-3H3,(H,27,29)/t14-/m0/s1. The number of fused-ring (bicyclic) bond motifs is 3. The van der Waals surface area contributed by atoms with Crippen LogP contribution in [-0.4, -0.2) is 33.3 Å². The highest BCUT2D eigenvalue weighted by Crippen LogP contribution is 2.39. The lowest BCUT2D eigenvalue weighted by Crippen LogP contribution is -2.40. The molecule has 4 rings (SSSR count). The molecule has 30 heavy (non-hydrogen) atoms. The molecule has 1 N–H and O–H groups in total. The maximum Gasteiger partial charge on any atom is 0.244 e. The highest BCUT2D eigenvalue weighted by molar-refractivity contribution is 6.08. The first-order valence-corrected chi connectivity index (χ1v) is 9.49. The maximum atomic E-state index is 13.8. The molecule has 0 saturated carbocycles. The number of aromatic nitrogens is 3. The minimum Gasteiger partial charge on any atom is -0.324 e. The number of halogens is 1. The van der Waals surface area contributed by atoms with E-state index in [4.69, 9.17) is 0 Å². The fraction of sp³-hybridized carbons (Fsp3) is 0.227. The van der Waals surface area contributed by atoms with Crippen molar-refractivity contribution in [3.05, 3.63) is 65.8 Å². The molecule has 2 aromatic heterocycles. The molecule has 1 aliphatic heterocycles. The zero-order valence-electron chi connectivity index (χ0n) is 16.8. The van der Waals surface area contributed by atoms with Gasteiger partial charge in [0.15, 0.2) is 0 Å². The Labute approximate surface area is 173 Å². The third-order valence-corrected chi connectivity index (χ3v) is 5.15. The Morgan fingerprint density at radius 1 is 1.17 bits per heavy atom. The summed E-state index contributed by atoms with van der Waals surface area (Å²) in [6.45, 7) is 4.98. The number of pyridine rings is 1. The maximum absolute atomic E-state index is 13.8. The van der Waals surface area contributed by atoms with Crippen LogP contribution in [0, 0.1) is 19.7 Å². The van der Waals surface area contributed by atoms with Crippen LogP contribution in [0.25, 0.3) is 11.1 Å². The summed E-state index contributed by atoms with van der Waals surface area (Å²) in [6.07, 6.45) is 4.72. The molecule has 0 spiro atoms. The molecule has 0 saturated heterocycles. The molecule has 0 unspecified atom stereocenters. The summed E-state index contributed by atoms with van der Waals surface area (Å²) >= 11 is 0. The lowest BCUT2D eigenvalue weighted by atomic mass is 10.00. The van der Waals surface area contributed by atoms with Gasteiger partial charge in [0.2, 0.25) is 11.8 Å². The lowest BCUT2D eigenvalue weighted by Gasteiger charge is -2.24. The Bertz CT molecular complexity index is 1160. The number of amides is 2. The van der Waals surface area contributed by atoms with E-state index in [2.05, 4.69) is 20.3 Å². The highest BCUT2D eigenvalue weighted by atomic mass is 19.1. The Morgan fingerprint density at radius 3 is 2.73 bits per heavy atom. The van der Waals surface area contributed by atoms with E-state index >= 15 is 0 Å². The van der Waals surface area contributed by atoms with Crippen molar-refractivity contribution < 1.29 is 14.0 Å². The van der Waals surface area contributed by atoms with Crippen molar-refractivity contribution in [1.29, 1.82) is 0 Å². The quantitative estimate of drug-likeness (QED) is 0.722. The largest absolute Gasteiger partial charge is 0.324 e. The summed E-state index contributed by atoms with van der Waals surface area (Å²) in [6, 6.07) is 6.23. The van der Waals surface area contributed by atoms with Crippen molar-refractivity contribution in [3.63, 3.8) is 0 Å². The molecule has 7 nitrogen and oxygen atoms in total. The smallest absolute Gasteiger partial charge is 0.244 e. The lowest BCUT2D eigenvalue weighted by molar-refractivity contribution is -0.122. The van der Waals surface area contributed by atoms with E-state index in [1.165, 1.54) is 17.3 Å². The Morgan fingerprint density at radius 2 is 1.97 bits per heavy atom. The molecule has 1 atom stereocenters. The molecule has 0 fully saturated rings. The van der Waals surface area contributed by atoms with Crippen LogP contribution in [0.4, 0.5) is 15.8 Å². The van der Waals surface area contributed by atoms with E-state index in [0.29, 0.717) is 39.5 Å². The summed E-state index contributed by atoms with van der Waals surface area (Å²) in [5.41, 5.74) is 4.08. The normalized spacial score (nSPS) is 15.3. The van der Waals surface area contributed by atoms with Crippen LogP contribution in [0.1, 0.15) is 29.8 Å². The van der Waals surface area contributed by atoms with Crippen molar-refractivity contribution in [2.24, 2.45) is 0 Å². The number of hydrogen-bond donors (Lipinski definition) is 1. The van der Waals surface area contributed by atoms with E-state index < -0.39 is 17.6 Å². The van der Waals surface area contributed by atoms with Gasteiger partial charge in [-0.05, 0) is 44.5 Å². The fourth-order valence-electron chi connectivity index (χ4n) is 3.52. The van der Waals surface area contributed by atoms with Crippen LogP contribution in [0.3, 0.4) is 0 Å². The van der Waals surface area contributed by atoms with Crippen LogP contribution >= 0.6 is 0 Å². The second-order valence-electron chi connectivity index (χ2n) is 7.32. The Balaban J connectivity index is 1.70. The molecule has 3 aromatic rings. The minimum atomic E-state index is -0.569. The SMILES string of the molecule is Cc1cc2c(cn1)-c1cncnc1[C@H](C)C(=O)N2CC(=O)Nc1ccc(C)c(F)c1. The average molecular weight is 405 g/mol. The first-order chi connectivity index (χ1) is 14.3. The molecular weight excluding hydrogens is 385 g/mol. The van der Waals surface area contributed by atoms with Crippen LogP contribution in [0.15, 0.2) is 43.0 Å². The molecule has 1 aliphatic rings. The van der Waals surface area contributed by atoms with Gasteiger partial charge in [-0.15, -0.1) is 0 Å². The second kappa shape index (κ2) is 7.62. The zero-order valence-corrected chi connectivity index (χ0v) is 16.8. The van der Waals surface area contributed by atoms with Gasteiger partial charge in [0.1, 0.15) is 18.7 Å². The molecule has 1 aromatic carbocycles. The van der Waals surface area contributed by atoms with Crippen molar-refractivity contribution in [1.82, 2.24) is 15.0 Å². The summed E-state index contributed by atoms with van der Waals surface area (Å²) in [5, 5.41) is 2.66. The minimum absolute atomic E-state index is 0.226.